The van der Waals surface area contributed by atoms with Gasteiger partial charge in [0.15, 0.2) is 5.58 Å². The number of nitrogens with one attached hydrogen (secondary N) is 2. The van der Waals surface area contributed by atoms with E-state index in [1.54, 1.807) is 24.3 Å². The van der Waals surface area contributed by atoms with Crippen molar-refractivity contribution in [2.45, 2.75) is 19.9 Å². The first-order chi connectivity index (χ1) is 12.4. The first kappa shape index (κ1) is 17.4. The highest BCUT2D eigenvalue weighted by molar-refractivity contribution is 5.93. The Kier molecular flexibility index (Phi) is 4.83. The molecule has 0 fully saturated rings. The summed E-state index contributed by atoms with van der Waals surface area (Å²) in [6.45, 7) is 1.40. The molecule has 3 rings (SSSR count). The van der Waals surface area contributed by atoms with Crippen LogP contribution < -0.4 is 16.4 Å². The molecule has 8 heteroatoms. The highest BCUT2D eigenvalue weighted by Gasteiger charge is 2.11. The average Bonchev–Trinajstić information content (AvgIpc) is 2.91. The van der Waals surface area contributed by atoms with Gasteiger partial charge in [-0.3, -0.25) is 14.2 Å². The summed E-state index contributed by atoms with van der Waals surface area (Å²) >= 11 is 0. The third kappa shape index (κ3) is 3.80. The van der Waals surface area contributed by atoms with Crippen LogP contribution in [0.5, 0.6) is 0 Å². The maximum atomic E-state index is 13.6. The number of oxazole rings is 1. The number of rotatable bonds is 5. The second kappa shape index (κ2) is 7.22. The highest BCUT2D eigenvalue weighted by atomic mass is 19.1. The van der Waals surface area contributed by atoms with Crippen LogP contribution in [0.25, 0.3) is 11.1 Å². The minimum Gasteiger partial charge on any atom is -0.408 e. The molecule has 2 N–H and O–H groups in total. The van der Waals surface area contributed by atoms with Crippen molar-refractivity contribution in [3.8, 4) is 0 Å². The predicted octanol–water partition coefficient (Wildman–Crippen LogP) is 2.72. The molecule has 0 bridgehead atoms. The van der Waals surface area contributed by atoms with Crippen molar-refractivity contribution in [2.24, 2.45) is 0 Å². The molecule has 0 atom stereocenters. The number of aryl methyl sites for hydroxylation is 1. The fourth-order valence-electron chi connectivity index (χ4n) is 2.55. The number of aromatic nitrogens is 1. The Hall–Kier alpha value is -3.42. The second-order valence-electron chi connectivity index (χ2n) is 5.66. The number of hydrogen-bond donors (Lipinski definition) is 2. The number of halogens is 1. The van der Waals surface area contributed by atoms with E-state index in [-0.39, 0.29) is 24.6 Å². The van der Waals surface area contributed by atoms with Crippen LogP contribution in [-0.4, -0.2) is 16.4 Å². The molecule has 2 aromatic carbocycles. The zero-order valence-corrected chi connectivity index (χ0v) is 13.9. The van der Waals surface area contributed by atoms with E-state index in [4.69, 9.17) is 4.42 Å². The summed E-state index contributed by atoms with van der Waals surface area (Å²) in [5, 5.41) is 4.96. The molecule has 0 saturated carbocycles. The number of anilines is 2. The van der Waals surface area contributed by atoms with E-state index in [0.717, 1.165) is 6.07 Å². The number of benzene rings is 2. The number of para-hydroxylation sites is 2. The van der Waals surface area contributed by atoms with Crippen LogP contribution in [0.4, 0.5) is 15.8 Å². The summed E-state index contributed by atoms with van der Waals surface area (Å²) in [5.41, 5.74) is 1.38. The summed E-state index contributed by atoms with van der Waals surface area (Å²) in [4.78, 5) is 35.1. The maximum Gasteiger partial charge on any atom is 0.419 e. The summed E-state index contributed by atoms with van der Waals surface area (Å²) in [7, 11) is 0. The second-order valence-corrected chi connectivity index (χ2v) is 5.66. The highest BCUT2D eigenvalue weighted by Crippen LogP contribution is 2.20. The smallest absolute Gasteiger partial charge is 0.408 e. The number of carbonyl (C=O) groups excluding carboxylic acids is 2. The SMILES string of the molecule is CC(=O)Nc1cc(NC(=O)CCn2c(=O)oc3ccccc32)ccc1F. The van der Waals surface area contributed by atoms with Crippen LogP contribution in [0, 0.1) is 5.82 Å². The molecule has 1 aromatic heterocycles. The molecule has 2 amide bonds. The van der Waals surface area contributed by atoms with E-state index in [1.807, 2.05) is 0 Å². The Morgan fingerprint density at radius 3 is 2.69 bits per heavy atom. The van der Waals surface area contributed by atoms with Gasteiger partial charge in [-0.25, -0.2) is 9.18 Å². The fourth-order valence-corrected chi connectivity index (χ4v) is 2.55. The zero-order chi connectivity index (χ0) is 18.7. The first-order valence-corrected chi connectivity index (χ1v) is 7.89. The minimum atomic E-state index is -0.602. The van der Waals surface area contributed by atoms with E-state index in [9.17, 15) is 18.8 Å². The number of carbonyl (C=O) groups is 2. The fraction of sp³-hybridized carbons (Fsp3) is 0.167. The van der Waals surface area contributed by atoms with Crippen molar-refractivity contribution in [2.75, 3.05) is 10.6 Å². The lowest BCUT2D eigenvalue weighted by atomic mass is 10.2. The molecule has 0 saturated heterocycles. The molecule has 3 aromatic rings. The zero-order valence-electron chi connectivity index (χ0n) is 13.9. The lowest BCUT2D eigenvalue weighted by molar-refractivity contribution is -0.116. The molecular weight excluding hydrogens is 341 g/mol. The van der Waals surface area contributed by atoms with E-state index in [2.05, 4.69) is 10.6 Å². The number of amides is 2. The Morgan fingerprint density at radius 2 is 1.92 bits per heavy atom. The van der Waals surface area contributed by atoms with Gasteiger partial charge in [-0.15, -0.1) is 0 Å². The van der Waals surface area contributed by atoms with Crippen LogP contribution >= 0.6 is 0 Å². The van der Waals surface area contributed by atoms with Crippen LogP contribution in [0.15, 0.2) is 51.7 Å². The average molecular weight is 357 g/mol. The monoisotopic (exact) mass is 357 g/mol. The standard InChI is InChI=1S/C18H16FN3O4/c1-11(23)20-14-10-12(6-7-13(14)19)21-17(24)8-9-22-15-4-2-3-5-16(15)26-18(22)25/h2-7,10H,8-9H2,1H3,(H,20,23)(H,21,24). The Morgan fingerprint density at radius 1 is 1.15 bits per heavy atom. The van der Waals surface area contributed by atoms with Gasteiger partial charge in [0.25, 0.3) is 0 Å². The Labute approximate surface area is 147 Å². The molecule has 7 nitrogen and oxygen atoms in total. The summed E-state index contributed by atoms with van der Waals surface area (Å²) in [6.07, 6.45) is 0.0241. The van der Waals surface area contributed by atoms with Crippen molar-refractivity contribution < 1.29 is 18.4 Å². The molecule has 26 heavy (non-hydrogen) atoms. The number of fused-ring (bicyclic) bond motifs is 1. The summed E-state index contributed by atoms with van der Waals surface area (Å²) in [5.74, 6) is -1.91. The number of hydrogen-bond acceptors (Lipinski definition) is 4. The van der Waals surface area contributed by atoms with Gasteiger partial charge in [0, 0.05) is 25.6 Å². The van der Waals surface area contributed by atoms with Gasteiger partial charge >= 0.3 is 5.76 Å². The normalized spacial score (nSPS) is 10.7. The Balaban J connectivity index is 1.68. The largest absolute Gasteiger partial charge is 0.419 e. The van der Waals surface area contributed by atoms with Crippen molar-refractivity contribution in [3.63, 3.8) is 0 Å². The summed E-state index contributed by atoms with van der Waals surface area (Å²) in [6, 6.07) is 10.8. The van der Waals surface area contributed by atoms with Gasteiger partial charge in [0.2, 0.25) is 11.8 Å². The third-order valence-electron chi connectivity index (χ3n) is 3.70. The first-order valence-electron chi connectivity index (χ1n) is 7.89. The molecule has 0 unspecified atom stereocenters. The molecule has 0 aliphatic carbocycles. The van der Waals surface area contributed by atoms with Gasteiger partial charge in [-0.2, -0.15) is 0 Å². The van der Waals surface area contributed by atoms with E-state index < -0.39 is 17.5 Å². The molecule has 1 heterocycles. The van der Waals surface area contributed by atoms with Crippen molar-refractivity contribution in [1.82, 2.24) is 4.57 Å². The molecule has 0 spiro atoms. The van der Waals surface area contributed by atoms with Crippen molar-refractivity contribution >= 4 is 34.3 Å². The van der Waals surface area contributed by atoms with Gasteiger partial charge in [0.05, 0.1) is 11.2 Å². The molecule has 134 valence electrons. The topological polar surface area (TPSA) is 93.3 Å². The van der Waals surface area contributed by atoms with Gasteiger partial charge in [0.1, 0.15) is 5.82 Å². The van der Waals surface area contributed by atoms with Crippen LogP contribution in [-0.2, 0) is 16.1 Å². The molecule has 0 radical (unpaired) electrons. The van der Waals surface area contributed by atoms with E-state index in [0.29, 0.717) is 16.8 Å². The summed E-state index contributed by atoms with van der Waals surface area (Å²) < 4.78 is 20.1. The molecule has 0 aliphatic heterocycles. The molecule has 0 aliphatic rings. The van der Waals surface area contributed by atoms with E-state index in [1.165, 1.54) is 23.6 Å². The number of nitrogens with zero attached hydrogens (tertiary/aromatic N) is 1. The van der Waals surface area contributed by atoms with Crippen molar-refractivity contribution in [1.29, 1.82) is 0 Å². The van der Waals surface area contributed by atoms with Gasteiger partial charge < -0.3 is 15.1 Å². The van der Waals surface area contributed by atoms with Crippen LogP contribution in [0.1, 0.15) is 13.3 Å². The van der Waals surface area contributed by atoms with E-state index >= 15 is 0 Å². The lowest BCUT2D eigenvalue weighted by Crippen LogP contribution is -2.20. The third-order valence-corrected chi connectivity index (χ3v) is 3.70. The Bertz CT molecular complexity index is 1040. The molecular formula is C18H16FN3O4. The lowest BCUT2D eigenvalue weighted by Gasteiger charge is -2.09. The van der Waals surface area contributed by atoms with Crippen molar-refractivity contribution in [3.05, 3.63) is 58.8 Å². The predicted molar refractivity (Wildman–Crippen MR) is 94.4 cm³/mol. The van der Waals surface area contributed by atoms with Gasteiger partial charge in [-0.1, -0.05) is 12.1 Å². The van der Waals surface area contributed by atoms with Gasteiger partial charge in [-0.05, 0) is 30.3 Å². The quantitative estimate of drug-likeness (QED) is 0.734. The van der Waals surface area contributed by atoms with Crippen LogP contribution in [0.3, 0.4) is 0 Å². The van der Waals surface area contributed by atoms with Crippen LogP contribution in [0.2, 0.25) is 0 Å². The minimum absolute atomic E-state index is 0.0210. The maximum absolute atomic E-state index is 13.6.